The molecule has 36 heavy (non-hydrogen) atoms. The van der Waals surface area contributed by atoms with Gasteiger partial charge in [0.15, 0.2) is 0 Å². The first kappa shape index (κ1) is 20.8. The van der Waals surface area contributed by atoms with Gasteiger partial charge in [-0.3, -0.25) is 4.98 Å². The molecular weight excluding hydrogens is 444 g/mol. The van der Waals surface area contributed by atoms with E-state index in [2.05, 4.69) is 62.4 Å². The van der Waals surface area contributed by atoms with Crippen LogP contribution in [0, 0.1) is 0 Å². The lowest BCUT2D eigenvalue weighted by atomic mass is 9.93. The highest BCUT2D eigenvalue weighted by Gasteiger charge is 2.25. The molecule has 0 unspecified atom stereocenters. The second-order valence-electron chi connectivity index (χ2n) is 9.27. The molecule has 1 aliphatic carbocycles. The van der Waals surface area contributed by atoms with Crippen molar-refractivity contribution in [2.45, 2.75) is 25.3 Å². The van der Waals surface area contributed by atoms with Gasteiger partial charge in [0.05, 0.1) is 22.3 Å². The normalized spacial score (nSPS) is 13.7. The van der Waals surface area contributed by atoms with Crippen LogP contribution < -0.4 is 5.32 Å². The van der Waals surface area contributed by atoms with Crippen LogP contribution in [0.15, 0.2) is 97.6 Å². The Morgan fingerprint density at radius 3 is 2.47 bits per heavy atom. The van der Waals surface area contributed by atoms with Crippen LogP contribution in [-0.2, 0) is 0 Å². The third kappa shape index (κ3) is 3.58. The summed E-state index contributed by atoms with van der Waals surface area (Å²) in [6, 6.07) is 27.2. The van der Waals surface area contributed by atoms with Crippen molar-refractivity contribution in [1.29, 1.82) is 0 Å². The van der Waals surface area contributed by atoms with Crippen LogP contribution in [0.4, 0.5) is 11.5 Å². The zero-order chi connectivity index (χ0) is 23.9. The van der Waals surface area contributed by atoms with Crippen LogP contribution in [-0.4, -0.2) is 24.5 Å². The molecule has 6 aromatic rings. The lowest BCUT2D eigenvalue weighted by molar-refractivity contribution is 0.320. The molecule has 0 spiro atoms. The molecule has 1 aliphatic rings. The van der Waals surface area contributed by atoms with Crippen molar-refractivity contribution >= 4 is 33.4 Å². The van der Waals surface area contributed by atoms with Crippen molar-refractivity contribution < 1.29 is 0 Å². The maximum atomic E-state index is 4.95. The number of rotatable bonds is 5. The SMILES string of the molecule is c1ccc(Nc2ncnc3c2c(-c2ccc4ccc(-c5ccccn5)nc4c2)cn3C2CCC2)cc1. The Morgan fingerprint density at radius 1 is 0.806 bits per heavy atom. The van der Waals surface area contributed by atoms with E-state index in [4.69, 9.17) is 9.97 Å². The quantitative estimate of drug-likeness (QED) is 0.290. The first-order valence-corrected chi connectivity index (χ1v) is 12.3. The fourth-order valence-corrected chi connectivity index (χ4v) is 4.94. The van der Waals surface area contributed by atoms with Crippen LogP contribution >= 0.6 is 0 Å². The monoisotopic (exact) mass is 468 g/mol. The number of para-hydroxylation sites is 1. The first-order valence-electron chi connectivity index (χ1n) is 12.3. The van der Waals surface area contributed by atoms with Crippen LogP contribution in [0.5, 0.6) is 0 Å². The Labute approximate surface area is 208 Å². The number of fused-ring (bicyclic) bond motifs is 2. The molecule has 1 saturated carbocycles. The number of nitrogens with zero attached hydrogens (tertiary/aromatic N) is 5. The molecule has 0 amide bonds. The second-order valence-corrected chi connectivity index (χ2v) is 9.27. The molecule has 0 aliphatic heterocycles. The maximum absolute atomic E-state index is 4.95. The number of aromatic nitrogens is 5. The number of benzene rings is 2. The Balaban J connectivity index is 1.40. The van der Waals surface area contributed by atoms with Crippen molar-refractivity contribution in [2.24, 2.45) is 0 Å². The average Bonchev–Trinajstić information content (AvgIpc) is 3.28. The molecule has 4 aromatic heterocycles. The van der Waals surface area contributed by atoms with E-state index < -0.39 is 0 Å². The van der Waals surface area contributed by atoms with Crippen molar-refractivity contribution in [3.63, 3.8) is 0 Å². The molecule has 6 nitrogen and oxygen atoms in total. The zero-order valence-corrected chi connectivity index (χ0v) is 19.7. The van der Waals surface area contributed by atoms with Gasteiger partial charge in [-0.2, -0.15) is 0 Å². The summed E-state index contributed by atoms with van der Waals surface area (Å²) >= 11 is 0. The number of nitrogens with one attached hydrogen (secondary N) is 1. The van der Waals surface area contributed by atoms with Gasteiger partial charge in [0.2, 0.25) is 0 Å². The predicted octanol–water partition coefficient (Wildman–Crippen LogP) is 7.18. The summed E-state index contributed by atoms with van der Waals surface area (Å²) in [5, 5.41) is 5.66. The van der Waals surface area contributed by atoms with E-state index >= 15 is 0 Å². The third-order valence-electron chi connectivity index (χ3n) is 7.04. The first-order chi connectivity index (χ1) is 17.8. The smallest absolute Gasteiger partial charge is 0.146 e. The van der Waals surface area contributed by atoms with E-state index in [0.29, 0.717) is 6.04 Å². The Hall–Kier alpha value is -4.58. The molecule has 0 saturated heterocycles. The highest BCUT2D eigenvalue weighted by Crippen LogP contribution is 2.41. The minimum atomic E-state index is 0.482. The molecule has 2 aromatic carbocycles. The minimum Gasteiger partial charge on any atom is -0.340 e. The van der Waals surface area contributed by atoms with Gasteiger partial charge in [-0.1, -0.05) is 42.5 Å². The van der Waals surface area contributed by atoms with Crippen LogP contribution in [0.25, 0.3) is 44.5 Å². The largest absolute Gasteiger partial charge is 0.340 e. The van der Waals surface area contributed by atoms with Gasteiger partial charge in [-0.25, -0.2) is 15.0 Å². The summed E-state index contributed by atoms with van der Waals surface area (Å²) in [4.78, 5) is 18.8. The molecule has 7 rings (SSSR count). The van der Waals surface area contributed by atoms with Crippen LogP contribution in [0.3, 0.4) is 0 Å². The van der Waals surface area contributed by atoms with Gasteiger partial charge in [0, 0.05) is 35.1 Å². The topological polar surface area (TPSA) is 68.5 Å². The van der Waals surface area contributed by atoms with Gasteiger partial charge in [-0.15, -0.1) is 0 Å². The fourth-order valence-electron chi connectivity index (χ4n) is 4.94. The van der Waals surface area contributed by atoms with Gasteiger partial charge in [0.1, 0.15) is 17.8 Å². The van der Waals surface area contributed by atoms with Gasteiger partial charge >= 0.3 is 0 Å². The van der Waals surface area contributed by atoms with E-state index in [0.717, 1.165) is 56.0 Å². The average molecular weight is 469 g/mol. The molecule has 174 valence electrons. The highest BCUT2D eigenvalue weighted by atomic mass is 15.1. The summed E-state index contributed by atoms with van der Waals surface area (Å²) < 4.78 is 2.34. The Kier molecular flexibility index (Phi) is 4.94. The molecule has 0 atom stereocenters. The van der Waals surface area contributed by atoms with Crippen molar-refractivity contribution in [3.05, 3.63) is 97.6 Å². The van der Waals surface area contributed by atoms with Crippen LogP contribution in [0.2, 0.25) is 0 Å². The van der Waals surface area contributed by atoms with E-state index in [1.165, 1.54) is 19.3 Å². The van der Waals surface area contributed by atoms with E-state index in [1.54, 1.807) is 12.5 Å². The van der Waals surface area contributed by atoms with Crippen LogP contribution in [0.1, 0.15) is 25.3 Å². The molecule has 1 N–H and O–H groups in total. The summed E-state index contributed by atoms with van der Waals surface area (Å²) in [5.74, 6) is 0.814. The number of hydrogen-bond acceptors (Lipinski definition) is 5. The van der Waals surface area contributed by atoms with Gasteiger partial charge < -0.3 is 9.88 Å². The fraction of sp³-hybridized carbons (Fsp3) is 0.133. The van der Waals surface area contributed by atoms with Crippen molar-refractivity contribution in [1.82, 2.24) is 24.5 Å². The molecule has 6 heteroatoms. The third-order valence-corrected chi connectivity index (χ3v) is 7.04. The molecule has 4 heterocycles. The van der Waals surface area contributed by atoms with Gasteiger partial charge in [0.25, 0.3) is 0 Å². The molecule has 1 fully saturated rings. The maximum Gasteiger partial charge on any atom is 0.146 e. The molecule has 0 radical (unpaired) electrons. The predicted molar refractivity (Wildman–Crippen MR) is 144 cm³/mol. The number of hydrogen-bond donors (Lipinski definition) is 1. The van der Waals surface area contributed by atoms with E-state index in [9.17, 15) is 0 Å². The number of pyridine rings is 2. The second kappa shape index (κ2) is 8.57. The van der Waals surface area contributed by atoms with E-state index in [-0.39, 0.29) is 0 Å². The molecule has 0 bridgehead atoms. The van der Waals surface area contributed by atoms with Crippen molar-refractivity contribution in [3.8, 4) is 22.5 Å². The lowest BCUT2D eigenvalue weighted by Crippen LogP contribution is -2.16. The highest BCUT2D eigenvalue weighted by molar-refractivity contribution is 6.03. The zero-order valence-electron chi connectivity index (χ0n) is 19.7. The summed E-state index contributed by atoms with van der Waals surface area (Å²) in [6.07, 6.45) is 9.34. The molecular formula is C30H24N6. The van der Waals surface area contributed by atoms with Crippen molar-refractivity contribution in [2.75, 3.05) is 5.32 Å². The summed E-state index contributed by atoms with van der Waals surface area (Å²) in [7, 11) is 0. The standard InChI is InChI=1S/C30H24N6/c1-2-7-22(8-3-1)34-29-28-24(18-36(23-9-6-10-23)30(28)33-19-32-29)21-13-12-20-14-15-26(35-27(20)17-21)25-11-4-5-16-31-25/h1-5,7-8,11-19,23H,6,9-10H2,(H,32,33,34). The Bertz CT molecular complexity index is 1690. The number of anilines is 2. The Morgan fingerprint density at radius 2 is 1.67 bits per heavy atom. The summed E-state index contributed by atoms with van der Waals surface area (Å²) in [6.45, 7) is 0. The van der Waals surface area contributed by atoms with Gasteiger partial charge in [-0.05, 0) is 61.2 Å². The lowest BCUT2D eigenvalue weighted by Gasteiger charge is -2.27. The van der Waals surface area contributed by atoms with E-state index in [1.807, 2.05) is 42.5 Å². The minimum absolute atomic E-state index is 0.482. The summed E-state index contributed by atoms with van der Waals surface area (Å²) in [5.41, 5.74) is 6.86.